The molecule has 0 aromatic carbocycles. The highest BCUT2D eigenvalue weighted by molar-refractivity contribution is 6.35. The molecular formula is C20H22ClN5O3. The third-order valence-electron chi connectivity index (χ3n) is 5.18. The molecule has 0 aliphatic carbocycles. The molecule has 9 heteroatoms. The van der Waals surface area contributed by atoms with Crippen LogP contribution < -0.4 is 5.43 Å². The Bertz CT molecular complexity index is 1160. The van der Waals surface area contributed by atoms with E-state index in [0.717, 1.165) is 5.56 Å². The summed E-state index contributed by atoms with van der Waals surface area (Å²) in [6.45, 7) is 6.68. The predicted octanol–water partition coefficient (Wildman–Crippen LogP) is 3.15. The Hall–Kier alpha value is -2.87. The molecule has 0 bridgehead atoms. The molecule has 8 nitrogen and oxygen atoms in total. The van der Waals surface area contributed by atoms with Gasteiger partial charge >= 0.3 is 5.97 Å². The summed E-state index contributed by atoms with van der Waals surface area (Å²) in [6.07, 6.45) is 5.14. The van der Waals surface area contributed by atoms with E-state index in [9.17, 15) is 9.59 Å². The van der Waals surface area contributed by atoms with Crippen molar-refractivity contribution in [2.24, 2.45) is 13.0 Å². The molecule has 3 aromatic rings. The average Bonchev–Trinajstić information content (AvgIpc) is 3.23. The second-order valence-electron chi connectivity index (χ2n) is 7.47. The first kappa shape index (κ1) is 19.4. The van der Waals surface area contributed by atoms with E-state index in [1.54, 1.807) is 24.0 Å². The number of halogens is 1. The molecule has 4 rings (SSSR count). The van der Waals surface area contributed by atoms with Crippen LogP contribution in [0.1, 0.15) is 37.2 Å². The van der Waals surface area contributed by atoms with Gasteiger partial charge in [0.05, 0.1) is 36.1 Å². The molecule has 152 valence electrons. The van der Waals surface area contributed by atoms with Gasteiger partial charge in [0.1, 0.15) is 17.0 Å². The van der Waals surface area contributed by atoms with Gasteiger partial charge in [-0.25, -0.2) is 4.79 Å². The highest BCUT2D eigenvalue weighted by Crippen LogP contribution is 2.41. The minimum Gasteiger partial charge on any atom is -0.462 e. The molecule has 0 fully saturated rings. The number of aromatic nitrogens is 5. The fourth-order valence-corrected chi connectivity index (χ4v) is 4.06. The second kappa shape index (κ2) is 7.18. The quantitative estimate of drug-likeness (QED) is 0.611. The highest BCUT2D eigenvalue weighted by Gasteiger charge is 2.32. The SMILES string of the molecule is CCOC(=O)c1cn2c(cc1=O)-c1c(Cl)c(-c3cnn(C)c3)nn1C[C@H]2C(C)C. The van der Waals surface area contributed by atoms with Crippen molar-refractivity contribution in [2.45, 2.75) is 33.4 Å². The van der Waals surface area contributed by atoms with Gasteiger partial charge in [0.2, 0.25) is 0 Å². The number of rotatable bonds is 4. The van der Waals surface area contributed by atoms with Crippen molar-refractivity contribution in [1.29, 1.82) is 0 Å². The first-order valence-corrected chi connectivity index (χ1v) is 9.88. The molecule has 0 saturated heterocycles. The fraction of sp³-hybridized carbons (Fsp3) is 0.400. The van der Waals surface area contributed by atoms with Gasteiger partial charge in [-0.2, -0.15) is 10.2 Å². The second-order valence-corrected chi connectivity index (χ2v) is 7.85. The van der Waals surface area contributed by atoms with Crippen molar-refractivity contribution in [3.8, 4) is 22.6 Å². The van der Waals surface area contributed by atoms with E-state index in [2.05, 4.69) is 18.9 Å². The van der Waals surface area contributed by atoms with Gasteiger partial charge in [0, 0.05) is 31.1 Å². The number of pyridine rings is 1. The first-order chi connectivity index (χ1) is 13.8. The number of ether oxygens (including phenoxy) is 1. The number of carbonyl (C=O) groups is 1. The van der Waals surface area contributed by atoms with E-state index in [0.29, 0.717) is 28.6 Å². The Morgan fingerprint density at radius 2 is 2.14 bits per heavy atom. The highest BCUT2D eigenvalue weighted by atomic mass is 35.5. The van der Waals surface area contributed by atoms with Crippen LogP contribution in [0.15, 0.2) is 29.5 Å². The summed E-state index contributed by atoms with van der Waals surface area (Å²) >= 11 is 6.72. The standard InChI is InChI=1S/C20H22ClN5O3/c1-5-29-20(28)13-9-25-14(6-16(13)27)19-17(21)18(12-7-22-24(4)8-12)23-26(19)10-15(25)11(2)3/h6-9,11,15H,5,10H2,1-4H3/t15-/m0/s1. The van der Waals surface area contributed by atoms with Crippen molar-refractivity contribution < 1.29 is 9.53 Å². The summed E-state index contributed by atoms with van der Waals surface area (Å²) in [5.74, 6) is -0.374. The number of fused-ring (bicyclic) bond motifs is 3. The zero-order chi connectivity index (χ0) is 20.9. The van der Waals surface area contributed by atoms with Crippen LogP contribution in [-0.2, 0) is 18.3 Å². The minimum atomic E-state index is -0.614. The summed E-state index contributed by atoms with van der Waals surface area (Å²) in [7, 11) is 1.83. The van der Waals surface area contributed by atoms with Gasteiger partial charge in [0.25, 0.3) is 0 Å². The summed E-state index contributed by atoms with van der Waals surface area (Å²) in [6, 6.07) is 1.46. The molecule has 0 saturated carbocycles. The van der Waals surface area contributed by atoms with E-state index >= 15 is 0 Å². The van der Waals surface area contributed by atoms with Gasteiger partial charge in [-0.3, -0.25) is 14.2 Å². The van der Waals surface area contributed by atoms with Crippen LogP contribution in [-0.4, -0.2) is 36.7 Å². The molecule has 3 aromatic heterocycles. The van der Waals surface area contributed by atoms with Crippen LogP contribution in [0, 0.1) is 5.92 Å². The Morgan fingerprint density at radius 1 is 1.38 bits per heavy atom. The molecule has 1 aliphatic heterocycles. The van der Waals surface area contributed by atoms with Crippen molar-refractivity contribution in [1.82, 2.24) is 24.1 Å². The largest absolute Gasteiger partial charge is 0.462 e. The normalized spacial score (nSPS) is 15.3. The third kappa shape index (κ3) is 3.17. The third-order valence-corrected chi connectivity index (χ3v) is 5.54. The smallest absolute Gasteiger partial charge is 0.343 e. The van der Waals surface area contributed by atoms with E-state index in [4.69, 9.17) is 21.4 Å². The Kier molecular flexibility index (Phi) is 4.82. The van der Waals surface area contributed by atoms with Crippen molar-refractivity contribution in [2.75, 3.05) is 6.61 Å². The first-order valence-electron chi connectivity index (χ1n) is 9.50. The van der Waals surface area contributed by atoms with Crippen LogP contribution >= 0.6 is 11.6 Å². The summed E-state index contributed by atoms with van der Waals surface area (Å²) in [5.41, 5.74) is 2.35. The molecule has 1 aliphatic rings. The summed E-state index contributed by atoms with van der Waals surface area (Å²) in [4.78, 5) is 24.9. The molecule has 0 amide bonds. The molecule has 0 N–H and O–H groups in total. The topological polar surface area (TPSA) is 83.9 Å². The van der Waals surface area contributed by atoms with Gasteiger partial charge in [-0.05, 0) is 12.8 Å². The molecule has 1 atom stereocenters. The predicted molar refractivity (Wildman–Crippen MR) is 109 cm³/mol. The number of hydrogen-bond acceptors (Lipinski definition) is 5. The molecule has 0 radical (unpaired) electrons. The minimum absolute atomic E-state index is 0.00370. The summed E-state index contributed by atoms with van der Waals surface area (Å²) in [5, 5.41) is 9.35. The van der Waals surface area contributed by atoms with Crippen LogP contribution in [0.5, 0.6) is 0 Å². The van der Waals surface area contributed by atoms with Crippen molar-refractivity contribution >= 4 is 17.6 Å². The zero-order valence-corrected chi connectivity index (χ0v) is 17.5. The average molecular weight is 416 g/mol. The van der Waals surface area contributed by atoms with Crippen LogP contribution in [0.25, 0.3) is 22.6 Å². The number of esters is 1. The van der Waals surface area contributed by atoms with E-state index in [1.807, 2.05) is 22.5 Å². The Balaban J connectivity index is 1.93. The van der Waals surface area contributed by atoms with Gasteiger partial charge in [-0.15, -0.1) is 0 Å². The van der Waals surface area contributed by atoms with Crippen molar-refractivity contribution in [3.63, 3.8) is 0 Å². The lowest BCUT2D eigenvalue weighted by atomic mass is 9.99. The number of hydrogen-bond donors (Lipinski definition) is 0. The number of nitrogens with zero attached hydrogens (tertiary/aromatic N) is 5. The molecule has 0 spiro atoms. The maximum Gasteiger partial charge on any atom is 0.343 e. The summed E-state index contributed by atoms with van der Waals surface area (Å²) < 4.78 is 10.5. The van der Waals surface area contributed by atoms with E-state index in [-0.39, 0.29) is 24.1 Å². The van der Waals surface area contributed by atoms with Gasteiger partial charge in [-0.1, -0.05) is 25.4 Å². The monoisotopic (exact) mass is 415 g/mol. The van der Waals surface area contributed by atoms with E-state index in [1.165, 1.54) is 6.07 Å². The maximum absolute atomic E-state index is 12.7. The molecule has 0 unspecified atom stereocenters. The van der Waals surface area contributed by atoms with Crippen LogP contribution in [0.2, 0.25) is 5.02 Å². The lowest BCUT2D eigenvalue weighted by molar-refractivity contribution is 0.0523. The molecular weight excluding hydrogens is 394 g/mol. The fourth-order valence-electron chi connectivity index (χ4n) is 3.72. The Morgan fingerprint density at radius 3 is 2.76 bits per heavy atom. The molecule has 29 heavy (non-hydrogen) atoms. The lowest BCUT2D eigenvalue weighted by Gasteiger charge is -2.32. The zero-order valence-electron chi connectivity index (χ0n) is 16.7. The number of aryl methyl sites for hydroxylation is 1. The Labute approximate surface area is 172 Å². The van der Waals surface area contributed by atoms with Crippen LogP contribution in [0.4, 0.5) is 0 Å². The number of carbonyl (C=O) groups excluding carboxylic acids is 1. The van der Waals surface area contributed by atoms with Crippen molar-refractivity contribution in [3.05, 3.63) is 45.5 Å². The molecule has 4 heterocycles. The van der Waals surface area contributed by atoms with E-state index < -0.39 is 11.4 Å². The lowest BCUT2D eigenvalue weighted by Crippen LogP contribution is -2.31. The van der Waals surface area contributed by atoms with Crippen LogP contribution in [0.3, 0.4) is 0 Å². The maximum atomic E-state index is 12.7. The van der Waals surface area contributed by atoms with Gasteiger partial charge in [0.15, 0.2) is 5.43 Å². The van der Waals surface area contributed by atoms with Gasteiger partial charge < -0.3 is 9.30 Å².